The van der Waals surface area contributed by atoms with Crippen LogP contribution < -0.4 is 5.32 Å². The van der Waals surface area contributed by atoms with Gasteiger partial charge in [0.15, 0.2) is 6.61 Å². The van der Waals surface area contributed by atoms with Crippen LogP contribution in [0.4, 0.5) is 0 Å². The second kappa shape index (κ2) is 9.06. The summed E-state index contributed by atoms with van der Waals surface area (Å²) in [5.41, 5.74) is 2.02. The summed E-state index contributed by atoms with van der Waals surface area (Å²) in [4.78, 5) is 24.6. The molecule has 1 aromatic rings. The number of amides is 1. The van der Waals surface area contributed by atoms with Crippen molar-refractivity contribution in [2.45, 2.75) is 69.7 Å². The molecule has 3 rings (SSSR count). The first-order chi connectivity index (χ1) is 14.1. The highest BCUT2D eigenvalue weighted by atomic mass is 32.2. The third-order valence-corrected chi connectivity index (χ3v) is 8.10. The zero-order valence-electron chi connectivity index (χ0n) is 18.1. The van der Waals surface area contributed by atoms with Gasteiger partial charge in [-0.3, -0.25) is 9.59 Å². The summed E-state index contributed by atoms with van der Waals surface area (Å²) in [6.45, 7) is 6.02. The molecule has 1 aliphatic carbocycles. The number of carbonyl (C=O) groups is 2. The molecule has 1 aliphatic heterocycles. The Bertz CT molecular complexity index is 902. The average Bonchev–Trinajstić information content (AvgIpc) is 3.19. The maximum absolute atomic E-state index is 13.0. The highest BCUT2D eigenvalue weighted by molar-refractivity contribution is 7.89. The summed E-state index contributed by atoms with van der Waals surface area (Å²) >= 11 is 0. The molecule has 0 aromatic heterocycles. The molecular weight excluding hydrogens is 404 g/mol. The Labute approximate surface area is 179 Å². The van der Waals surface area contributed by atoms with Crippen molar-refractivity contribution in [2.75, 3.05) is 19.7 Å². The first-order valence-corrected chi connectivity index (χ1v) is 12.2. The number of benzene rings is 1. The lowest BCUT2D eigenvalue weighted by atomic mass is 9.98. The lowest BCUT2D eigenvalue weighted by Crippen LogP contribution is -2.45. The number of esters is 1. The van der Waals surface area contributed by atoms with Crippen LogP contribution in [0.5, 0.6) is 0 Å². The van der Waals surface area contributed by atoms with E-state index in [4.69, 9.17) is 4.74 Å². The summed E-state index contributed by atoms with van der Waals surface area (Å²) in [5.74, 6) is -1.15. The fraction of sp³-hybridized carbons (Fsp3) is 0.636. The van der Waals surface area contributed by atoms with E-state index in [0.717, 1.165) is 31.2 Å². The van der Waals surface area contributed by atoms with E-state index < -0.39 is 16.0 Å². The Kier molecular flexibility index (Phi) is 6.87. The molecule has 8 heteroatoms. The van der Waals surface area contributed by atoms with Crippen molar-refractivity contribution in [1.82, 2.24) is 9.62 Å². The van der Waals surface area contributed by atoms with Gasteiger partial charge in [-0.15, -0.1) is 0 Å². The molecule has 0 atom stereocenters. The number of fused-ring (bicyclic) bond motifs is 1. The van der Waals surface area contributed by atoms with E-state index in [2.05, 4.69) is 5.32 Å². The predicted octanol–water partition coefficient (Wildman–Crippen LogP) is 2.42. The van der Waals surface area contributed by atoms with Gasteiger partial charge in [-0.2, -0.15) is 4.31 Å². The molecule has 0 spiro atoms. The van der Waals surface area contributed by atoms with Crippen LogP contribution in [0.3, 0.4) is 0 Å². The number of carbonyl (C=O) groups excluding carboxylic acids is 2. The van der Waals surface area contributed by atoms with E-state index in [0.29, 0.717) is 17.7 Å². The molecule has 7 nitrogen and oxygen atoms in total. The van der Waals surface area contributed by atoms with Crippen molar-refractivity contribution in [3.8, 4) is 0 Å². The van der Waals surface area contributed by atoms with E-state index in [1.54, 1.807) is 12.1 Å². The van der Waals surface area contributed by atoms with Gasteiger partial charge in [0, 0.05) is 18.6 Å². The number of aryl methyl sites for hydroxylation is 2. The quantitative estimate of drug-likeness (QED) is 0.663. The summed E-state index contributed by atoms with van der Waals surface area (Å²) < 4.78 is 32.6. The number of piperidine rings is 1. The number of nitrogens with one attached hydrogen (secondary N) is 1. The Morgan fingerprint density at radius 3 is 2.50 bits per heavy atom. The number of nitrogens with zero attached hydrogens (tertiary/aromatic N) is 1. The largest absolute Gasteiger partial charge is 0.455 e. The minimum absolute atomic E-state index is 0.272. The van der Waals surface area contributed by atoms with Crippen LogP contribution in [0.25, 0.3) is 0 Å². The standard InChI is InChI=1S/C22H32N2O5S/c1-4-22(2,3)23-20(25)15-29-21(26)17-10-12-24(13-11-17)30(27,28)19-9-8-16-6-5-7-18(16)14-19/h8-9,14,17H,4-7,10-13,15H2,1-3H3,(H,23,25). The van der Waals surface area contributed by atoms with E-state index >= 15 is 0 Å². The molecular formula is C22H32N2O5S. The molecule has 1 saturated heterocycles. The first-order valence-electron chi connectivity index (χ1n) is 10.7. The molecule has 2 aliphatic rings. The van der Waals surface area contributed by atoms with Crippen LogP contribution in [0.2, 0.25) is 0 Å². The molecule has 0 radical (unpaired) electrons. The van der Waals surface area contributed by atoms with Crippen LogP contribution in [0.15, 0.2) is 23.1 Å². The number of hydrogen-bond donors (Lipinski definition) is 1. The zero-order valence-corrected chi connectivity index (χ0v) is 18.9. The Hall–Kier alpha value is -1.93. The first kappa shape index (κ1) is 22.7. The molecule has 1 N–H and O–H groups in total. The molecule has 0 unspecified atom stereocenters. The number of hydrogen-bond acceptors (Lipinski definition) is 5. The van der Waals surface area contributed by atoms with Crippen LogP contribution >= 0.6 is 0 Å². The monoisotopic (exact) mass is 436 g/mol. The highest BCUT2D eigenvalue weighted by Crippen LogP contribution is 2.28. The van der Waals surface area contributed by atoms with Gasteiger partial charge in [-0.05, 0) is 75.6 Å². The van der Waals surface area contributed by atoms with Crippen LogP contribution in [-0.4, -0.2) is 49.8 Å². The lowest BCUT2D eigenvalue weighted by molar-refractivity contribution is -0.154. The highest BCUT2D eigenvalue weighted by Gasteiger charge is 2.33. The molecule has 1 amide bonds. The van der Waals surface area contributed by atoms with Gasteiger partial charge in [-0.25, -0.2) is 8.42 Å². The molecule has 0 bridgehead atoms. The van der Waals surface area contributed by atoms with E-state index in [1.165, 1.54) is 9.87 Å². The topological polar surface area (TPSA) is 92.8 Å². The van der Waals surface area contributed by atoms with E-state index in [9.17, 15) is 18.0 Å². The third-order valence-electron chi connectivity index (χ3n) is 6.20. The number of rotatable bonds is 7. The zero-order chi connectivity index (χ0) is 21.9. The fourth-order valence-electron chi connectivity index (χ4n) is 3.95. The Morgan fingerprint density at radius 1 is 1.17 bits per heavy atom. The Balaban J connectivity index is 1.51. The predicted molar refractivity (Wildman–Crippen MR) is 113 cm³/mol. The van der Waals surface area contributed by atoms with Gasteiger partial charge < -0.3 is 10.1 Å². The summed E-state index contributed by atoms with van der Waals surface area (Å²) in [6, 6.07) is 5.41. The SMILES string of the molecule is CCC(C)(C)NC(=O)COC(=O)C1CCN(S(=O)(=O)c2ccc3c(c2)CCC3)CC1. The second-order valence-electron chi connectivity index (χ2n) is 8.86. The minimum Gasteiger partial charge on any atom is -0.455 e. The van der Waals surface area contributed by atoms with Crippen molar-refractivity contribution in [1.29, 1.82) is 0 Å². The maximum atomic E-state index is 13.0. The van der Waals surface area contributed by atoms with Gasteiger partial charge in [0.25, 0.3) is 5.91 Å². The normalized spacial score (nSPS) is 18.1. The maximum Gasteiger partial charge on any atom is 0.309 e. The van der Waals surface area contributed by atoms with Crippen molar-refractivity contribution in [3.05, 3.63) is 29.3 Å². The fourth-order valence-corrected chi connectivity index (χ4v) is 5.47. The van der Waals surface area contributed by atoms with Crippen molar-refractivity contribution in [2.24, 2.45) is 5.92 Å². The van der Waals surface area contributed by atoms with Crippen molar-refractivity contribution < 1.29 is 22.7 Å². The van der Waals surface area contributed by atoms with Gasteiger partial charge in [0.1, 0.15) is 0 Å². The molecule has 1 fully saturated rings. The number of ether oxygens (including phenoxy) is 1. The lowest BCUT2D eigenvalue weighted by Gasteiger charge is -2.30. The van der Waals surface area contributed by atoms with Gasteiger partial charge in [0.2, 0.25) is 10.0 Å². The molecule has 0 saturated carbocycles. The second-order valence-corrected chi connectivity index (χ2v) is 10.8. The molecule has 1 aromatic carbocycles. The molecule has 1 heterocycles. The van der Waals surface area contributed by atoms with Gasteiger partial charge >= 0.3 is 5.97 Å². The average molecular weight is 437 g/mol. The van der Waals surface area contributed by atoms with E-state index in [-0.39, 0.29) is 37.1 Å². The van der Waals surface area contributed by atoms with Crippen LogP contribution in [0.1, 0.15) is 57.6 Å². The summed E-state index contributed by atoms with van der Waals surface area (Å²) in [7, 11) is -3.56. The van der Waals surface area contributed by atoms with Gasteiger partial charge in [0.05, 0.1) is 10.8 Å². The summed E-state index contributed by atoms with van der Waals surface area (Å²) in [5, 5.41) is 2.82. The van der Waals surface area contributed by atoms with Gasteiger partial charge in [-0.1, -0.05) is 13.0 Å². The van der Waals surface area contributed by atoms with Crippen molar-refractivity contribution in [3.63, 3.8) is 0 Å². The van der Waals surface area contributed by atoms with Crippen molar-refractivity contribution >= 4 is 21.9 Å². The molecule has 166 valence electrons. The van der Waals surface area contributed by atoms with Crippen LogP contribution in [-0.2, 0) is 37.2 Å². The van der Waals surface area contributed by atoms with E-state index in [1.807, 2.05) is 26.8 Å². The third kappa shape index (κ3) is 5.21. The minimum atomic E-state index is -3.56. The van der Waals surface area contributed by atoms with Crippen LogP contribution in [0, 0.1) is 5.92 Å². The smallest absolute Gasteiger partial charge is 0.309 e. The molecule has 30 heavy (non-hydrogen) atoms. The number of sulfonamides is 1. The summed E-state index contributed by atoms with van der Waals surface area (Å²) in [6.07, 6.45) is 4.56. The Morgan fingerprint density at radius 2 is 1.83 bits per heavy atom.